The molecule has 0 radical (unpaired) electrons. The maximum atomic E-state index is 11.4. The third-order valence-corrected chi connectivity index (χ3v) is 3.05. The molecule has 1 heterocycles. The lowest BCUT2D eigenvalue weighted by molar-refractivity contribution is -0.121. The molecule has 0 aliphatic rings. The number of fused-ring (bicyclic) bond motifs is 1. The zero-order valence-electron chi connectivity index (χ0n) is 10.5. The Balaban J connectivity index is 2.38. The highest BCUT2D eigenvalue weighted by Gasteiger charge is 2.06. The molecule has 0 fully saturated rings. The Morgan fingerprint density at radius 1 is 1.35 bits per heavy atom. The van der Waals surface area contributed by atoms with E-state index in [2.05, 4.69) is 43.4 Å². The summed E-state index contributed by atoms with van der Waals surface area (Å²) in [5, 5.41) is 3.83. The molecule has 1 aromatic carbocycles. The van der Waals surface area contributed by atoms with Gasteiger partial charge in [0.2, 0.25) is 5.91 Å². The first-order valence-electron chi connectivity index (χ1n) is 5.91. The van der Waals surface area contributed by atoms with Crippen molar-refractivity contribution in [2.75, 3.05) is 7.05 Å². The number of carbonyl (C=O) groups excluding carboxylic acids is 1. The smallest absolute Gasteiger partial charge is 0.239 e. The minimum absolute atomic E-state index is 0.0236. The first-order chi connectivity index (χ1) is 8.11. The number of amides is 1. The van der Waals surface area contributed by atoms with Crippen LogP contribution in [0.4, 0.5) is 0 Å². The van der Waals surface area contributed by atoms with Gasteiger partial charge >= 0.3 is 0 Å². The van der Waals surface area contributed by atoms with Crippen molar-refractivity contribution >= 4 is 16.8 Å². The Labute approximate surface area is 101 Å². The summed E-state index contributed by atoms with van der Waals surface area (Å²) in [7, 11) is 1.66. The number of hydrogen-bond donors (Lipinski definition) is 1. The molecule has 17 heavy (non-hydrogen) atoms. The van der Waals surface area contributed by atoms with E-state index in [4.69, 9.17) is 0 Å². The van der Waals surface area contributed by atoms with Gasteiger partial charge in [0.1, 0.15) is 6.54 Å². The third-order valence-electron chi connectivity index (χ3n) is 3.05. The lowest BCUT2D eigenvalue weighted by Crippen LogP contribution is -2.22. The van der Waals surface area contributed by atoms with Gasteiger partial charge in [-0.3, -0.25) is 4.79 Å². The molecule has 0 saturated heterocycles. The van der Waals surface area contributed by atoms with Crippen LogP contribution in [0.15, 0.2) is 30.5 Å². The molecule has 3 nitrogen and oxygen atoms in total. The molecule has 90 valence electrons. The summed E-state index contributed by atoms with van der Waals surface area (Å²) < 4.78 is 1.97. The Morgan fingerprint density at radius 2 is 2.12 bits per heavy atom. The fourth-order valence-corrected chi connectivity index (χ4v) is 1.95. The van der Waals surface area contributed by atoms with Gasteiger partial charge in [0.15, 0.2) is 0 Å². The first kappa shape index (κ1) is 11.7. The topological polar surface area (TPSA) is 34.0 Å². The van der Waals surface area contributed by atoms with E-state index >= 15 is 0 Å². The van der Waals surface area contributed by atoms with Crippen LogP contribution in [-0.4, -0.2) is 17.5 Å². The maximum Gasteiger partial charge on any atom is 0.239 e. The summed E-state index contributed by atoms with van der Waals surface area (Å²) >= 11 is 0. The van der Waals surface area contributed by atoms with Crippen molar-refractivity contribution in [3.63, 3.8) is 0 Å². The van der Waals surface area contributed by atoms with E-state index in [1.54, 1.807) is 7.05 Å². The summed E-state index contributed by atoms with van der Waals surface area (Å²) in [6.45, 7) is 4.74. The highest BCUT2D eigenvalue weighted by Crippen LogP contribution is 2.22. The van der Waals surface area contributed by atoms with Crippen molar-refractivity contribution in [3.8, 4) is 0 Å². The van der Waals surface area contributed by atoms with Gasteiger partial charge in [-0.1, -0.05) is 19.9 Å². The van der Waals surface area contributed by atoms with Gasteiger partial charge in [-0.05, 0) is 35.1 Å². The van der Waals surface area contributed by atoms with Crippen LogP contribution in [0.3, 0.4) is 0 Å². The summed E-state index contributed by atoms with van der Waals surface area (Å²) in [4.78, 5) is 11.4. The maximum absolute atomic E-state index is 11.4. The van der Waals surface area contributed by atoms with Gasteiger partial charge in [0, 0.05) is 18.8 Å². The summed E-state index contributed by atoms with van der Waals surface area (Å²) in [5.74, 6) is 0.553. The van der Waals surface area contributed by atoms with Crippen molar-refractivity contribution < 1.29 is 4.79 Å². The molecular formula is C14H18N2O. The van der Waals surface area contributed by atoms with Crippen LogP contribution >= 0.6 is 0 Å². The van der Waals surface area contributed by atoms with Crippen molar-refractivity contribution in [2.24, 2.45) is 0 Å². The van der Waals surface area contributed by atoms with E-state index in [1.807, 2.05) is 10.8 Å². The predicted molar refractivity (Wildman–Crippen MR) is 70.1 cm³/mol. The minimum Gasteiger partial charge on any atom is -0.358 e. The zero-order valence-corrected chi connectivity index (χ0v) is 10.5. The molecule has 0 spiro atoms. The SMILES string of the molecule is CNC(=O)Cn1ccc2cc(C(C)C)ccc21. The molecule has 3 heteroatoms. The number of aromatic nitrogens is 1. The number of benzene rings is 1. The minimum atomic E-state index is 0.0236. The molecule has 0 aliphatic carbocycles. The Morgan fingerprint density at radius 3 is 2.76 bits per heavy atom. The van der Waals surface area contributed by atoms with Crippen LogP contribution in [0.5, 0.6) is 0 Å². The fourth-order valence-electron chi connectivity index (χ4n) is 1.95. The average molecular weight is 230 g/mol. The van der Waals surface area contributed by atoms with Gasteiger partial charge in [-0.15, -0.1) is 0 Å². The quantitative estimate of drug-likeness (QED) is 0.863. The predicted octanol–water partition coefficient (Wildman–Crippen LogP) is 2.51. The average Bonchev–Trinajstić information content (AvgIpc) is 2.71. The Hall–Kier alpha value is -1.77. The fraction of sp³-hybridized carbons (Fsp3) is 0.357. The first-order valence-corrected chi connectivity index (χ1v) is 5.91. The number of carbonyl (C=O) groups is 1. The second-order valence-electron chi connectivity index (χ2n) is 4.59. The molecule has 0 bridgehead atoms. The van der Waals surface area contributed by atoms with E-state index in [9.17, 15) is 4.79 Å². The van der Waals surface area contributed by atoms with Crippen molar-refractivity contribution in [1.82, 2.24) is 9.88 Å². The van der Waals surface area contributed by atoms with Crippen molar-refractivity contribution in [2.45, 2.75) is 26.3 Å². The van der Waals surface area contributed by atoms with Crippen molar-refractivity contribution in [1.29, 1.82) is 0 Å². The van der Waals surface area contributed by atoms with Gasteiger partial charge in [-0.2, -0.15) is 0 Å². The van der Waals surface area contributed by atoms with Crippen LogP contribution in [0.25, 0.3) is 10.9 Å². The molecule has 1 amide bonds. The molecule has 0 atom stereocenters. The van der Waals surface area contributed by atoms with E-state index < -0.39 is 0 Å². The molecule has 1 aromatic heterocycles. The number of nitrogens with one attached hydrogen (secondary N) is 1. The number of nitrogens with zero attached hydrogens (tertiary/aromatic N) is 1. The van der Waals surface area contributed by atoms with Gasteiger partial charge in [-0.25, -0.2) is 0 Å². The van der Waals surface area contributed by atoms with Gasteiger partial charge in [0.05, 0.1) is 0 Å². The normalized spacial score (nSPS) is 11.1. The van der Waals surface area contributed by atoms with Crippen LogP contribution in [0.1, 0.15) is 25.3 Å². The molecular weight excluding hydrogens is 212 g/mol. The lowest BCUT2D eigenvalue weighted by Gasteiger charge is -2.07. The van der Waals surface area contributed by atoms with Crippen LogP contribution < -0.4 is 5.32 Å². The summed E-state index contributed by atoms with van der Waals surface area (Å²) in [6, 6.07) is 8.48. The van der Waals surface area contributed by atoms with E-state index in [0.717, 1.165) is 5.52 Å². The highest BCUT2D eigenvalue weighted by atomic mass is 16.1. The largest absolute Gasteiger partial charge is 0.358 e. The molecule has 1 N–H and O–H groups in total. The monoisotopic (exact) mass is 230 g/mol. The zero-order chi connectivity index (χ0) is 12.4. The summed E-state index contributed by atoms with van der Waals surface area (Å²) in [6.07, 6.45) is 1.96. The van der Waals surface area contributed by atoms with E-state index in [0.29, 0.717) is 12.5 Å². The molecule has 2 rings (SSSR count). The number of likely N-dealkylation sites (N-methyl/N-ethyl adjacent to an activating group) is 1. The van der Waals surface area contributed by atoms with Crippen molar-refractivity contribution in [3.05, 3.63) is 36.0 Å². The highest BCUT2D eigenvalue weighted by molar-refractivity contribution is 5.83. The lowest BCUT2D eigenvalue weighted by atomic mass is 10.0. The second kappa shape index (κ2) is 4.62. The number of rotatable bonds is 3. The number of hydrogen-bond acceptors (Lipinski definition) is 1. The van der Waals surface area contributed by atoms with Gasteiger partial charge in [0.25, 0.3) is 0 Å². The van der Waals surface area contributed by atoms with Crippen LogP contribution in [0, 0.1) is 0 Å². The molecule has 0 unspecified atom stereocenters. The molecule has 2 aromatic rings. The molecule has 0 aliphatic heterocycles. The summed E-state index contributed by atoms with van der Waals surface area (Å²) in [5.41, 5.74) is 2.44. The van der Waals surface area contributed by atoms with Crippen LogP contribution in [0.2, 0.25) is 0 Å². The second-order valence-corrected chi connectivity index (χ2v) is 4.59. The Kier molecular flexibility index (Phi) is 3.18. The standard InChI is InChI=1S/C14H18N2O/c1-10(2)11-4-5-13-12(8-11)6-7-16(13)9-14(17)15-3/h4-8,10H,9H2,1-3H3,(H,15,17). The third kappa shape index (κ3) is 2.33. The van der Waals surface area contributed by atoms with Gasteiger partial charge < -0.3 is 9.88 Å². The van der Waals surface area contributed by atoms with Crippen LogP contribution in [-0.2, 0) is 11.3 Å². The molecule has 0 saturated carbocycles. The van der Waals surface area contributed by atoms with E-state index in [-0.39, 0.29) is 5.91 Å². The Bertz CT molecular complexity index is 540. The van der Waals surface area contributed by atoms with E-state index in [1.165, 1.54) is 10.9 Å².